The number of benzene rings is 5. The van der Waals surface area contributed by atoms with Crippen molar-refractivity contribution in [3.8, 4) is 17.0 Å². The van der Waals surface area contributed by atoms with Gasteiger partial charge in [-0.2, -0.15) is 0 Å². The Hall–Kier alpha value is -4.08. The summed E-state index contributed by atoms with van der Waals surface area (Å²) >= 11 is 3.77. The van der Waals surface area contributed by atoms with Crippen molar-refractivity contribution in [2.24, 2.45) is 7.05 Å². The Kier molecular flexibility index (Phi) is 5.90. The van der Waals surface area contributed by atoms with E-state index in [0.29, 0.717) is 0 Å². The maximum Gasteiger partial charge on any atom is 0.160 e. The lowest BCUT2D eigenvalue weighted by molar-refractivity contribution is 0.0778. The van der Waals surface area contributed by atoms with E-state index in [9.17, 15) is 0 Å². The van der Waals surface area contributed by atoms with Gasteiger partial charge < -0.3 is 9.30 Å². The van der Waals surface area contributed by atoms with Gasteiger partial charge in [0.15, 0.2) is 5.60 Å². The number of rotatable bonds is 4. The number of halogens is 1. The van der Waals surface area contributed by atoms with Gasteiger partial charge in [0, 0.05) is 40.3 Å². The van der Waals surface area contributed by atoms with E-state index in [4.69, 9.17) is 4.74 Å². The molecule has 7 rings (SSSR count). The zero-order chi connectivity index (χ0) is 26.4. The molecule has 0 radical (unpaired) electrons. The highest BCUT2D eigenvalue weighted by atomic mass is 79.9. The van der Waals surface area contributed by atoms with Gasteiger partial charge in [-0.3, -0.25) is 0 Å². The van der Waals surface area contributed by atoms with Gasteiger partial charge in [0.2, 0.25) is 0 Å². The summed E-state index contributed by atoms with van der Waals surface area (Å²) in [5.41, 5.74) is 7.95. The third-order valence-corrected chi connectivity index (χ3v) is 8.64. The van der Waals surface area contributed by atoms with Crippen molar-refractivity contribution in [2.75, 3.05) is 0 Å². The van der Waals surface area contributed by atoms with Crippen molar-refractivity contribution in [3.05, 3.63) is 160 Å². The predicted octanol–water partition coefficient (Wildman–Crippen LogP) is 9.47. The second kappa shape index (κ2) is 9.59. The van der Waals surface area contributed by atoms with Crippen molar-refractivity contribution in [3.63, 3.8) is 0 Å². The molecule has 6 aromatic rings. The maximum atomic E-state index is 7.14. The normalized spacial score (nSPS) is 16.0. The van der Waals surface area contributed by atoms with E-state index < -0.39 is 5.60 Å². The summed E-state index contributed by atoms with van der Waals surface area (Å²) in [6.07, 6.45) is 0.776. The van der Waals surface area contributed by atoms with Gasteiger partial charge in [-0.1, -0.05) is 125 Å². The Bertz CT molecular complexity index is 1730. The molecular formula is C36H28BrNO. The first-order chi connectivity index (χ1) is 19.2. The number of fused-ring (bicyclic) bond motifs is 2. The van der Waals surface area contributed by atoms with E-state index in [1.54, 1.807) is 0 Å². The Morgan fingerprint density at radius 2 is 1.31 bits per heavy atom. The van der Waals surface area contributed by atoms with Crippen molar-refractivity contribution >= 4 is 26.8 Å². The monoisotopic (exact) mass is 569 g/mol. The van der Waals surface area contributed by atoms with Crippen LogP contribution < -0.4 is 4.74 Å². The van der Waals surface area contributed by atoms with E-state index in [1.165, 1.54) is 33.3 Å². The molecule has 0 saturated heterocycles. The third-order valence-electron chi connectivity index (χ3n) is 8.15. The lowest BCUT2D eigenvalue weighted by atomic mass is 9.72. The topological polar surface area (TPSA) is 14.2 Å². The van der Waals surface area contributed by atoms with Crippen LogP contribution in [-0.4, -0.2) is 4.57 Å². The fraction of sp³-hybridized carbons (Fsp3) is 0.111. The Labute approximate surface area is 237 Å². The number of aryl methyl sites for hydroxylation is 1. The van der Waals surface area contributed by atoms with E-state index in [0.717, 1.165) is 27.8 Å². The molecule has 1 aromatic heterocycles. The molecule has 2 nitrogen and oxygen atoms in total. The van der Waals surface area contributed by atoms with Crippen LogP contribution >= 0.6 is 15.9 Å². The summed E-state index contributed by atoms with van der Waals surface area (Å²) in [5, 5.41) is 1.28. The Balaban J connectivity index is 1.56. The van der Waals surface area contributed by atoms with Crippen molar-refractivity contribution < 1.29 is 4.74 Å². The van der Waals surface area contributed by atoms with Gasteiger partial charge >= 0.3 is 0 Å². The first kappa shape index (κ1) is 24.0. The number of ether oxygens (including phenoxy) is 1. The molecule has 2 heterocycles. The van der Waals surface area contributed by atoms with Crippen LogP contribution in [0.1, 0.15) is 34.6 Å². The highest BCUT2D eigenvalue weighted by Gasteiger charge is 2.46. The summed E-state index contributed by atoms with van der Waals surface area (Å²) in [5.74, 6) is 1.02. The fourth-order valence-electron chi connectivity index (χ4n) is 6.42. The van der Waals surface area contributed by atoms with Crippen LogP contribution in [0.25, 0.3) is 22.2 Å². The van der Waals surface area contributed by atoms with Crippen LogP contribution in [0.5, 0.6) is 5.75 Å². The van der Waals surface area contributed by atoms with Crippen molar-refractivity contribution in [1.82, 2.24) is 4.57 Å². The lowest BCUT2D eigenvalue weighted by Gasteiger charge is -2.43. The molecule has 5 aromatic carbocycles. The van der Waals surface area contributed by atoms with Crippen LogP contribution in [0.15, 0.2) is 138 Å². The van der Waals surface area contributed by atoms with E-state index >= 15 is 0 Å². The van der Waals surface area contributed by atoms with Gasteiger partial charge in [-0.15, -0.1) is 0 Å². The smallest absolute Gasteiger partial charge is 0.160 e. The molecule has 1 aliphatic rings. The summed E-state index contributed by atoms with van der Waals surface area (Å²) in [6.45, 7) is 0. The minimum Gasteiger partial charge on any atom is -0.477 e. The quantitative estimate of drug-likeness (QED) is 0.206. The molecular weight excluding hydrogens is 542 g/mol. The number of nitrogens with zero attached hydrogens (tertiary/aromatic N) is 1. The summed E-state index contributed by atoms with van der Waals surface area (Å²) in [4.78, 5) is 0. The first-order valence-electron chi connectivity index (χ1n) is 13.4. The molecule has 1 aliphatic heterocycles. The van der Waals surface area contributed by atoms with E-state index in [2.05, 4.69) is 161 Å². The van der Waals surface area contributed by atoms with Crippen LogP contribution in [0.2, 0.25) is 0 Å². The van der Waals surface area contributed by atoms with Gasteiger partial charge in [-0.05, 0) is 46.5 Å². The third kappa shape index (κ3) is 3.92. The molecule has 3 heteroatoms. The molecule has 1 atom stereocenters. The number of para-hydroxylation sites is 1. The maximum absolute atomic E-state index is 7.14. The molecule has 39 heavy (non-hydrogen) atoms. The summed E-state index contributed by atoms with van der Waals surface area (Å²) < 4.78 is 10.6. The molecule has 0 bridgehead atoms. The molecule has 1 unspecified atom stereocenters. The average molecular weight is 571 g/mol. The summed E-state index contributed by atoms with van der Waals surface area (Å²) in [6, 6.07) is 47.5. The lowest BCUT2D eigenvalue weighted by Crippen LogP contribution is -2.40. The highest BCUT2D eigenvalue weighted by Crippen LogP contribution is 2.54. The molecule has 0 saturated carbocycles. The molecule has 0 N–H and O–H groups in total. The molecule has 190 valence electrons. The van der Waals surface area contributed by atoms with Crippen LogP contribution in [-0.2, 0) is 12.6 Å². The number of hydrogen-bond donors (Lipinski definition) is 0. The zero-order valence-electron chi connectivity index (χ0n) is 21.7. The van der Waals surface area contributed by atoms with Gasteiger partial charge in [0.1, 0.15) is 5.75 Å². The minimum atomic E-state index is -0.640. The second-order valence-electron chi connectivity index (χ2n) is 10.3. The standard InChI is InChI=1S/C36H28BrNO/c1-38-32-20-12-11-19-29(32)34(35(38)25-13-5-2-6-14-25)31-24-36(26-15-7-3-8-16-26,27-17-9-4-10-18-27)39-33-22-21-28(37)23-30(31)33/h2-23,31H,24H2,1H3. The Morgan fingerprint density at radius 3 is 1.97 bits per heavy atom. The van der Waals surface area contributed by atoms with E-state index in [1.807, 2.05) is 0 Å². The van der Waals surface area contributed by atoms with Crippen molar-refractivity contribution in [2.45, 2.75) is 17.9 Å². The molecule has 0 amide bonds. The summed E-state index contributed by atoms with van der Waals surface area (Å²) in [7, 11) is 2.19. The van der Waals surface area contributed by atoms with Crippen molar-refractivity contribution in [1.29, 1.82) is 0 Å². The van der Waals surface area contributed by atoms with Crippen LogP contribution in [0, 0.1) is 0 Å². The largest absolute Gasteiger partial charge is 0.477 e. The fourth-order valence-corrected chi connectivity index (χ4v) is 6.80. The molecule has 0 fully saturated rings. The number of aromatic nitrogens is 1. The first-order valence-corrected chi connectivity index (χ1v) is 14.2. The predicted molar refractivity (Wildman–Crippen MR) is 163 cm³/mol. The minimum absolute atomic E-state index is 0.0907. The zero-order valence-corrected chi connectivity index (χ0v) is 23.3. The average Bonchev–Trinajstić information content (AvgIpc) is 3.30. The Morgan fingerprint density at radius 1 is 0.718 bits per heavy atom. The van der Waals surface area contributed by atoms with Gasteiger partial charge in [0.05, 0.1) is 5.69 Å². The van der Waals surface area contributed by atoms with Crippen LogP contribution in [0.4, 0.5) is 0 Å². The molecule has 0 aliphatic carbocycles. The number of hydrogen-bond acceptors (Lipinski definition) is 1. The van der Waals surface area contributed by atoms with Gasteiger partial charge in [-0.25, -0.2) is 0 Å². The van der Waals surface area contributed by atoms with Gasteiger partial charge in [0.25, 0.3) is 0 Å². The highest BCUT2D eigenvalue weighted by molar-refractivity contribution is 9.10. The van der Waals surface area contributed by atoms with Crippen LogP contribution in [0.3, 0.4) is 0 Å². The van der Waals surface area contributed by atoms with E-state index in [-0.39, 0.29) is 5.92 Å². The second-order valence-corrected chi connectivity index (χ2v) is 11.2. The SMILES string of the molecule is Cn1c(-c2ccccc2)c(C2CC(c3ccccc3)(c3ccccc3)Oc3ccc(Br)cc32)c2ccccc21. The molecule has 0 spiro atoms.